The Hall–Kier alpha value is -2.22. The van der Waals surface area contributed by atoms with Crippen LogP contribution in [0.15, 0.2) is 41.1 Å². The number of benzene rings is 1. The molecule has 0 radical (unpaired) electrons. The summed E-state index contributed by atoms with van der Waals surface area (Å²) in [5, 5.41) is 7.86. The standard InChI is InChI=1S/C20H23N3O2S2/c1-14-18(27-20(21-14)15-9-12-26-13-15)19(24)22-16-5-7-17(8-6-16)25-11-4-10-23(2)3/h5-9,12-13H,4,10-11H2,1-3H3,(H,22,24). The van der Waals surface area contributed by atoms with Gasteiger partial charge in [0.2, 0.25) is 0 Å². The number of aromatic nitrogens is 1. The molecule has 7 heteroatoms. The smallest absolute Gasteiger partial charge is 0.267 e. The predicted molar refractivity (Wildman–Crippen MR) is 113 cm³/mol. The maximum Gasteiger partial charge on any atom is 0.267 e. The molecule has 3 aromatic rings. The molecule has 0 aliphatic rings. The zero-order valence-electron chi connectivity index (χ0n) is 15.7. The van der Waals surface area contributed by atoms with Gasteiger partial charge in [-0.15, -0.1) is 11.3 Å². The third-order valence-electron chi connectivity index (χ3n) is 3.90. The van der Waals surface area contributed by atoms with Crippen LogP contribution in [-0.4, -0.2) is 43.0 Å². The van der Waals surface area contributed by atoms with Crippen molar-refractivity contribution in [2.24, 2.45) is 0 Å². The summed E-state index contributed by atoms with van der Waals surface area (Å²) in [6, 6.07) is 9.48. The first-order valence-electron chi connectivity index (χ1n) is 8.72. The van der Waals surface area contributed by atoms with E-state index >= 15 is 0 Å². The molecule has 1 amide bonds. The number of thiazole rings is 1. The van der Waals surface area contributed by atoms with Crippen molar-refractivity contribution in [1.82, 2.24) is 9.88 Å². The summed E-state index contributed by atoms with van der Waals surface area (Å²) in [7, 11) is 4.09. The van der Waals surface area contributed by atoms with Crippen LogP contribution in [0.5, 0.6) is 5.75 Å². The lowest BCUT2D eigenvalue weighted by atomic mass is 10.3. The molecule has 27 heavy (non-hydrogen) atoms. The van der Waals surface area contributed by atoms with E-state index in [9.17, 15) is 4.79 Å². The minimum Gasteiger partial charge on any atom is -0.494 e. The van der Waals surface area contributed by atoms with Crippen molar-refractivity contribution < 1.29 is 9.53 Å². The molecule has 0 aliphatic carbocycles. The third kappa shape index (κ3) is 5.38. The first-order chi connectivity index (χ1) is 13.0. The molecule has 0 atom stereocenters. The first-order valence-corrected chi connectivity index (χ1v) is 10.5. The van der Waals surface area contributed by atoms with Gasteiger partial charge in [0.25, 0.3) is 5.91 Å². The van der Waals surface area contributed by atoms with E-state index in [1.165, 1.54) is 11.3 Å². The van der Waals surface area contributed by atoms with E-state index in [0.717, 1.165) is 40.7 Å². The van der Waals surface area contributed by atoms with Gasteiger partial charge in [-0.05, 0) is 63.2 Å². The van der Waals surface area contributed by atoms with Gasteiger partial charge in [-0.1, -0.05) is 0 Å². The largest absolute Gasteiger partial charge is 0.494 e. The van der Waals surface area contributed by atoms with E-state index in [0.29, 0.717) is 11.5 Å². The molecule has 2 aromatic heterocycles. The Bertz CT molecular complexity index is 871. The van der Waals surface area contributed by atoms with Crippen molar-refractivity contribution >= 4 is 34.3 Å². The molecule has 5 nitrogen and oxygen atoms in total. The van der Waals surface area contributed by atoms with Crippen molar-refractivity contribution in [3.05, 3.63) is 51.7 Å². The maximum atomic E-state index is 12.6. The van der Waals surface area contributed by atoms with Gasteiger partial charge in [-0.2, -0.15) is 11.3 Å². The Morgan fingerprint density at radius 3 is 2.67 bits per heavy atom. The van der Waals surface area contributed by atoms with Crippen molar-refractivity contribution in [1.29, 1.82) is 0 Å². The minimum atomic E-state index is -0.133. The molecule has 0 spiro atoms. The maximum absolute atomic E-state index is 12.6. The second kappa shape index (κ2) is 9.12. The van der Waals surface area contributed by atoms with E-state index in [-0.39, 0.29) is 5.91 Å². The Balaban J connectivity index is 1.58. The molecule has 3 rings (SSSR count). The van der Waals surface area contributed by atoms with Gasteiger partial charge in [0.1, 0.15) is 15.6 Å². The number of ether oxygens (including phenoxy) is 1. The second-order valence-electron chi connectivity index (χ2n) is 6.43. The van der Waals surface area contributed by atoms with Crippen LogP contribution in [0.4, 0.5) is 5.69 Å². The lowest BCUT2D eigenvalue weighted by Gasteiger charge is -2.11. The summed E-state index contributed by atoms with van der Waals surface area (Å²) < 4.78 is 5.72. The molecule has 142 valence electrons. The average Bonchev–Trinajstić information content (AvgIpc) is 3.29. The van der Waals surface area contributed by atoms with Gasteiger partial charge in [-0.25, -0.2) is 4.98 Å². The number of carbonyl (C=O) groups excluding carboxylic acids is 1. The fraction of sp³-hybridized carbons (Fsp3) is 0.300. The highest BCUT2D eigenvalue weighted by Crippen LogP contribution is 2.30. The molecule has 0 saturated carbocycles. The van der Waals surface area contributed by atoms with Gasteiger partial charge in [0, 0.05) is 23.2 Å². The number of amides is 1. The molecular weight excluding hydrogens is 378 g/mol. The molecule has 0 unspecified atom stereocenters. The highest BCUT2D eigenvalue weighted by Gasteiger charge is 2.16. The molecule has 0 saturated heterocycles. The minimum absolute atomic E-state index is 0.133. The lowest BCUT2D eigenvalue weighted by molar-refractivity contribution is 0.103. The van der Waals surface area contributed by atoms with Gasteiger partial charge in [0.15, 0.2) is 0 Å². The number of aryl methyl sites for hydroxylation is 1. The fourth-order valence-electron chi connectivity index (χ4n) is 2.51. The quantitative estimate of drug-likeness (QED) is 0.553. The summed E-state index contributed by atoms with van der Waals surface area (Å²) in [5.74, 6) is 0.673. The number of nitrogens with zero attached hydrogens (tertiary/aromatic N) is 2. The summed E-state index contributed by atoms with van der Waals surface area (Å²) in [6.07, 6.45) is 0.975. The van der Waals surface area contributed by atoms with Crippen LogP contribution in [0, 0.1) is 6.92 Å². The van der Waals surface area contributed by atoms with Gasteiger partial charge < -0.3 is 15.0 Å². The van der Waals surface area contributed by atoms with E-state index in [2.05, 4.69) is 15.2 Å². The Morgan fingerprint density at radius 2 is 2.00 bits per heavy atom. The topological polar surface area (TPSA) is 54.5 Å². The molecule has 0 aliphatic heterocycles. The van der Waals surface area contributed by atoms with E-state index in [4.69, 9.17) is 4.74 Å². The monoisotopic (exact) mass is 401 g/mol. The number of thiophene rings is 1. The number of anilines is 1. The van der Waals surface area contributed by atoms with Crippen molar-refractivity contribution in [2.45, 2.75) is 13.3 Å². The number of hydrogen-bond donors (Lipinski definition) is 1. The Labute approximate surface area is 167 Å². The summed E-state index contributed by atoms with van der Waals surface area (Å²) in [4.78, 5) is 19.9. The van der Waals surface area contributed by atoms with Crippen LogP contribution in [0.3, 0.4) is 0 Å². The number of carbonyl (C=O) groups is 1. The number of hydrogen-bond acceptors (Lipinski definition) is 6. The predicted octanol–water partition coefficient (Wildman–Crippen LogP) is 4.76. The highest BCUT2D eigenvalue weighted by atomic mass is 32.1. The summed E-state index contributed by atoms with van der Waals surface area (Å²) in [6.45, 7) is 3.54. The zero-order valence-corrected chi connectivity index (χ0v) is 17.3. The lowest BCUT2D eigenvalue weighted by Crippen LogP contribution is -2.15. The Kier molecular flexibility index (Phi) is 6.60. The van der Waals surface area contributed by atoms with E-state index < -0.39 is 0 Å². The Morgan fingerprint density at radius 1 is 1.22 bits per heavy atom. The molecule has 0 bridgehead atoms. The fourth-order valence-corrected chi connectivity index (χ4v) is 4.18. The normalized spacial score (nSPS) is 11.0. The van der Waals surface area contributed by atoms with E-state index in [1.807, 2.05) is 62.1 Å². The second-order valence-corrected chi connectivity index (χ2v) is 8.21. The van der Waals surface area contributed by atoms with Crippen LogP contribution in [0.2, 0.25) is 0 Å². The van der Waals surface area contributed by atoms with Crippen LogP contribution in [0.1, 0.15) is 21.8 Å². The number of nitrogens with one attached hydrogen (secondary N) is 1. The van der Waals surface area contributed by atoms with Gasteiger partial charge in [-0.3, -0.25) is 4.79 Å². The van der Waals surface area contributed by atoms with Gasteiger partial charge >= 0.3 is 0 Å². The molecular formula is C20H23N3O2S2. The van der Waals surface area contributed by atoms with Crippen LogP contribution in [-0.2, 0) is 0 Å². The average molecular weight is 402 g/mol. The van der Waals surface area contributed by atoms with Crippen LogP contribution in [0.25, 0.3) is 10.6 Å². The van der Waals surface area contributed by atoms with E-state index in [1.54, 1.807) is 11.3 Å². The van der Waals surface area contributed by atoms with Crippen molar-refractivity contribution in [2.75, 3.05) is 32.6 Å². The third-order valence-corrected chi connectivity index (χ3v) is 5.79. The molecule has 1 N–H and O–H groups in total. The molecule has 0 fully saturated rings. The van der Waals surface area contributed by atoms with Gasteiger partial charge in [0.05, 0.1) is 12.3 Å². The summed E-state index contributed by atoms with van der Waals surface area (Å²) >= 11 is 3.04. The molecule has 2 heterocycles. The highest BCUT2D eigenvalue weighted by molar-refractivity contribution is 7.17. The van der Waals surface area contributed by atoms with Crippen molar-refractivity contribution in [3.8, 4) is 16.3 Å². The van der Waals surface area contributed by atoms with Crippen LogP contribution >= 0.6 is 22.7 Å². The number of rotatable bonds is 8. The SMILES string of the molecule is Cc1nc(-c2ccsc2)sc1C(=O)Nc1ccc(OCCCN(C)C)cc1. The summed E-state index contributed by atoms with van der Waals surface area (Å²) in [5.41, 5.74) is 2.55. The molecule has 1 aromatic carbocycles. The zero-order chi connectivity index (χ0) is 19.2. The van der Waals surface area contributed by atoms with Crippen LogP contribution < -0.4 is 10.1 Å². The van der Waals surface area contributed by atoms with Crippen molar-refractivity contribution in [3.63, 3.8) is 0 Å². The first kappa shape index (κ1) is 19.5.